The molecule has 0 bridgehead atoms. The molecule has 0 saturated carbocycles. The van der Waals surface area contributed by atoms with Gasteiger partial charge in [-0.15, -0.1) is 11.8 Å². The van der Waals surface area contributed by atoms with E-state index in [4.69, 9.17) is 0 Å². The fourth-order valence-corrected chi connectivity index (χ4v) is 4.13. The number of hydrogen-bond donors (Lipinski definition) is 1. The quantitative estimate of drug-likeness (QED) is 0.583. The Morgan fingerprint density at radius 3 is 2.53 bits per heavy atom. The molecule has 0 atom stereocenters. The average Bonchev–Trinajstić information content (AvgIpc) is 2.74. The van der Waals surface area contributed by atoms with Crippen LogP contribution in [-0.2, 0) is 25.3 Å². The number of anilines is 1. The van der Waals surface area contributed by atoms with Gasteiger partial charge in [0, 0.05) is 30.9 Å². The van der Waals surface area contributed by atoms with Gasteiger partial charge in [0.25, 0.3) is 5.56 Å². The highest BCUT2D eigenvalue weighted by atomic mass is 32.2. The Kier molecular flexibility index (Phi) is 6.71. The molecule has 7 nitrogen and oxygen atoms in total. The predicted octanol–water partition coefficient (Wildman–Crippen LogP) is 2.84. The van der Waals surface area contributed by atoms with Crippen LogP contribution in [0.4, 0.5) is 10.1 Å². The van der Waals surface area contributed by atoms with Crippen molar-refractivity contribution in [1.29, 1.82) is 0 Å². The zero-order valence-corrected chi connectivity index (χ0v) is 17.9. The zero-order chi connectivity index (χ0) is 21.8. The van der Waals surface area contributed by atoms with Crippen LogP contribution in [0.1, 0.15) is 25.3 Å². The van der Waals surface area contributed by atoms with Crippen molar-refractivity contribution in [3.8, 4) is 0 Å². The number of carbonyl (C=O) groups excluding carboxylic acids is 1. The number of pyridine rings is 1. The Hall–Kier alpha value is -2.94. The second-order valence-corrected chi connectivity index (χ2v) is 7.95. The first-order valence-electron chi connectivity index (χ1n) is 9.59. The van der Waals surface area contributed by atoms with Crippen molar-refractivity contribution in [2.24, 2.45) is 14.1 Å². The highest BCUT2D eigenvalue weighted by molar-refractivity contribution is 8.00. The smallest absolute Gasteiger partial charge is 0.325 e. The van der Waals surface area contributed by atoms with E-state index in [1.165, 1.54) is 47.6 Å². The minimum atomic E-state index is -0.452. The first kappa shape index (κ1) is 21.8. The summed E-state index contributed by atoms with van der Waals surface area (Å²) < 4.78 is 15.4. The number of aromatic nitrogens is 3. The molecular weight excluding hydrogens is 407 g/mol. The van der Waals surface area contributed by atoms with E-state index < -0.39 is 11.2 Å². The van der Waals surface area contributed by atoms with E-state index in [-0.39, 0.29) is 17.5 Å². The molecule has 0 radical (unpaired) electrons. The van der Waals surface area contributed by atoms with Gasteiger partial charge in [-0.25, -0.2) is 14.2 Å². The molecule has 3 aromatic rings. The van der Waals surface area contributed by atoms with Crippen LogP contribution in [0.3, 0.4) is 0 Å². The minimum Gasteiger partial charge on any atom is -0.325 e. The van der Waals surface area contributed by atoms with Crippen LogP contribution in [0.25, 0.3) is 11.0 Å². The number of rotatable bonds is 7. The van der Waals surface area contributed by atoms with Gasteiger partial charge in [-0.1, -0.05) is 13.3 Å². The normalized spacial score (nSPS) is 11.1. The Balaban J connectivity index is 1.97. The highest BCUT2D eigenvalue weighted by Crippen LogP contribution is 2.29. The summed E-state index contributed by atoms with van der Waals surface area (Å²) >= 11 is 1.24. The molecule has 0 aliphatic rings. The van der Waals surface area contributed by atoms with Gasteiger partial charge in [-0.2, -0.15) is 0 Å². The van der Waals surface area contributed by atoms with Crippen molar-refractivity contribution >= 4 is 34.4 Å². The third-order valence-corrected chi connectivity index (χ3v) is 5.93. The van der Waals surface area contributed by atoms with Gasteiger partial charge in [-0.3, -0.25) is 18.7 Å². The lowest BCUT2D eigenvalue weighted by atomic mass is 10.1. The Morgan fingerprint density at radius 2 is 1.87 bits per heavy atom. The number of aryl methyl sites for hydroxylation is 2. The molecule has 0 aliphatic carbocycles. The molecule has 0 unspecified atom stereocenters. The molecule has 0 saturated heterocycles. The molecular formula is C21H23FN4O3S. The van der Waals surface area contributed by atoms with Gasteiger partial charge >= 0.3 is 5.69 Å². The summed E-state index contributed by atoms with van der Waals surface area (Å²) in [6.45, 7) is 2.07. The lowest BCUT2D eigenvalue weighted by molar-refractivity contribution is -0.113. The van der Waals surface area contributed by atoms with Gasteiger partial charge in [0.1, 0.15) is 11.5 Å². The number of amides is 1. The van der Waals surface area contributed by atoms with Crippen LogP contribution in [-0.4, -0.2) is 25.8 Å². The maximum atomic E-state index is 13.0. The first-order chi connectivity index (χ1) is 14.3. The van der Waals surface area contributed by atoms with Crippen molar-refractivity contribution in [3.05, 3.63) is 62.7 Å². The molecule has 158 valence electrons. The van der Waals surface area contributed by atoms with Crippen LogP contribution >= 0.6 is 11.8 Å². The summed E-state index contributed by atoms with van der Waals surface area (Å²) in [6.07, 6.45) is 4.28. The van der Waals surface area contributed by atoms with Crippen LogP contribution in [0.15, 0.2) is 44.9 Å². The van der Waals surface area contributed by atoms with Gasteiger partial charge < -0.3 is 5.32 Å². The molecule has 2 heterocycles. The fraction of sp³-hybridized carbons (Fsp3) is 0.333. The van der Waals surface area contributed by atoms with Gasteiger partial charge in [0.15, 0.2) is 0 Å². The summed E-state index contributed by atoms with van der Waals surface area (Å²) in [5, 5.41) is 3.06. The number of hydrogen-bond acceptors (Lipinski definition) is 5. The topological polar surface area (TPSA) is 86.0 Å². The van der Waals surface area contributed by atoms with Crippen molar-refractivity contribution in [2.75, 3.05) is 11.1 Å². The SMILES string of the molecule is CCCCc1cnc2c(c1SCC(=O)Nc1ccc(F)cc1)c(=O)n(C)c(=O)n2C. The summed E-state index contributed by atoms with van der Waals surface area (Å²) in [5.41, 5.74) is 0.780. The van der Waals surface area contributed by atoms with Crippen LogP contribution < -0.4 is 16.6 Å². The number of benzene rings is 1. The van der Waals surface area contributed by atoms with Crippen LogP contribution in [0.5, 0.6) is 0 Å². The van der Waals surface area contributed by atoms with E-state index >= 15 is 0 Å². The molecule has 1 amide bonds. The number of thioether (sulfide) groups is 1. The second kappa shape index (κ2) is 9.25. The Bertz CT molecular complexity index is 1200. The molecule has 2 aromatic heterocycles. The van der Waals surface area contributed by atoms with E-state index in [1.807, 2.05) is 0 Å². The third-order valence-electron chi connectivity index (χ3n) is 4.77. The number of halogens is 1. The van der Waals surface area contributed by atoms with E-state index in [2.05, 4.69) is 17.2 Å². The number of nitrogens with zero attached hydrogens (tertiary/aromatic N) is 3. The fourth-order valence-electron chi connectivity index (χ4n) is 3.12. The summed E-state index contributed by atoms with van der Waals surface area (Å²) in [6, 6.07) is 5.51. The summed E-state index contributed by atoms with van der Waals surface area (Å²) in [5.74, 6) is -0.603. The zero-order valence-electron chi connectivity index (χ0n) is 17.1. The largest absolute Gasteiger partial charge is 0.332 e. The van der Waals surface area contributed by atoms with Crippen molar-refractivity contribution in [3.63, 3.8) is 0 Å². The molecule has 3 rings (SSSR count). The number of unbranched alkanes of at least 4 members (excludes halogenated alkanes) is 1. The Morgan fingerprint density at radius 1 is 1.17 bits per heavy atom. The van der Waals surface area contributed by atoms with Crippen molar-refractivity contribution in [2.45, 2.75) is 31.1 Å². The standard InChI is InChI=1S/C21H23FN4O3S/c1-4-5-6-13-11-23-19-17(20(28)26(3)21(29)25(19)2)18(13)30-12-16(27)24-15-9-7-14(22)8-10-15/h7-11H,4-6,12H2,1-3H3,(H,24,27). The minimum absolute atomic E-state index is 0.0572. The summed E-state index contributed by atoms with van der Waals surface area (Å²) in [7, 11) is 3.00. The van der Waals surface area contributed by atoms with E-state index in [0.29, 0.717) is 28.0 Å². The van der Waals surface area contributed by atoms with Crippen molar-refractivity contribution in [1.82, 2.24) is 14.1 Å². The third kappa shape index (κ3) is 4.46. The predicted molar refractivity (Wildman–Crippen MR) is 117 cm³/mol. The number of carbonyl (C=O) groups is 1. The van der Waals surface area contributed by atoms with E-state index in [1.54, 1.807) is 13.2 Å². The molecule has 9 heteroatoms. The highest BCUT2D eigenvalue weighted by Gasteiger charge is 2.18. The average molecular weight is 431 g/mol. The monoisotopic (exact) mass is 430 g/mol. The molecule has 30 heavy (non-hydrogen) atoms. The van der Waals surface area contributed by atoms with E-state index in [0.717, 1.165) is 23.0 Å². The van der Waals surface area contributed by atoms with Gasteiger partial charge in [-0.05, 0) is 42.7 Å². The molecule has 0 fully saturated rings. The van der Waals surface area contributed by atoms with Crippen LogP contribution in [0.2, 0.25) is 0 Å². The maximum Gasteiger partial charge on any atom is 0.332 e. The molecule has 1 aromatic carbocycles. The maximum absolute atomic E-state index is 13.0. The second-order valence-electron chi connectivity index (χ2n) is 6.96. The number of fused-ring (bicyclic) bond motifs is 1. The van der Waals surface area contributed by atoms with Crippen LogP contribution in [0, 0.1) is 5.82 Å². The van der Waals surface area contributed by atoms with Crippen molar-refractivity contribution < 1.29 is 9.18 Å². The Labute approximate surface area is 176 Å². The van der Waals surface area contributed by atoms with Gasteiger partial charge in [0.05, 0.1) is 11.1 Å². The van der Waals surface area contributed by atoms with E-state index in [9.17, 15) is 18.8 Å². The first-order valence-corrected chi connectivity index (χ1v) is 10.6. The summed E-state index contributed by atoms with van der Waals surface area (Å²) in [4.78, 5) is 42.6. The molecule has 1 N–H and O–H groups in total. The lowest BCUT2D eigenvalue weighted by Crippen LogP contribution is -2.37. The molecule has 0 spiro atoms. The van der Waals surface area contributed by atoms with Gasteiger partial charge in [0.2, 0.25) is 5.91 Å². The lowest BCUT2D eigenvalue weighted by Gasteiger charge is -2.14. The number of nitrogens with one attached hydrogen (secondary N) is 1. The molecule has 0 aliphatic heterocycles.